The highest BCUT2D eigenvalue weighted by Crippen LogP contribution is 2.18. The lowest BCUT2D eigenvalue weighted by atomic mass is 10.1. The van der Waals surface area contributed by atoms with Gasteiger partial charge in [0.05, 0.1) is 11.2 Å². The number of carbonyl (C=O) groups is 2. The number of amides is 2. The largest absolute Gasteiger partial charge is 0.476 e. The molecule has 0 atom stereocenters. The monoisotopic (exact) mass is 211 g/mol. The molecule has 1 aliphatic heterocycles. The van der Waals surface area contributed by atoms with Gasteiger partial charge in [-0.25, -0.2) is 14.6 Å². The lowest BCUT2D eigenvalue weighted by Gasteiger charge is -2.34. The van der Waals surface area contributed by atoms with E-state index < -0.39 is 17.5 Å². The Morgan fingerprint density at radius 2 is 2.07 bits per heavy atom. The van der Waals surface area contributed by atoms with Crippen LogP contribution >= 0.6 is 0 Å². The first-order valence-corrected chi connectivity index (χ1v) is 4.36. The number of carboxylic acid groups (broad SMARTS) is 1. The summed E-state index contributed by atoms with van der Waals surface area (Å²) in [6.07, 6.45) is 0. The van der Waals surface area contributed by atoms with Crippen LogP contribution in [0.2, 0.25) is 0 Å². The molecule has 0 aromatic heterocycles. The Balaban J connectivity index is 3.15. The van der Waals surface area contributed by atoms with Crippen LogP contribution in [-0.4, -0.2) is 33.4 Å². The summed E-state index contributed by atoms with van der Waals surface area (Å²) in [5.41, 5.74) is -0.816. The molecule has 6 nitrogen and oxygen atoms in total. The predicted octanol–water partition coefficient (Wildman–Crippen LogP) is 0.764. The van der Waals surface area contributed by atoms with Crippen LogP contribution in [0.3, 0.4) is 0 Å². The van der Waals surface area contributed by atoms with Gasteiger partial charge in [0.15, 0.2) is 5.71 Å². The van der Waals surface area contributed by atoms with Crippen LogP contribution in [0.5, 0.6) is 0 Å². The Bertz CT molecular complexity index is 365. The first-order valence-electron chi connectivity index (χ1n) is 4.36. The van der Waals surface area contributed by atoms with Crippen molar-refractivity contribution in [2.75, 3.05) is 0 Å². The molecule has 0 radical (unpaired) electrons. The molecule has 82 valence electrons. The van der Waals surface area contributed by atoms with Crippen LogP contribution in [0.15, 0.2) is 17.4 Å². The summed E-state index contributed by atoms with van der Waals surface area (Å²) in [5, 5.41) is 16.0. The molecule has 6 heteroatoms. The van der Waals surface area contributed by atoms with Crippen molar-refractivity contribution in [2.24, 2.45) is 5.10 Å². The van der Waals surface area contributed by atoms with E-state index in [1.165, 1.54) is 0 Å². The van der Waals surface area contributed by atoms with E-state index >= 15 is 0 Å². The maximum Gasteiger partial charge on any atom is 0.358 e. The quantitative estimate of drug-likeness (QED) is 0.671. The van der Waals surface area contributed by atoms with Gasteiger partial charge >= 0.3 is 12.0 Å². The van der Waals surface area contributed by atoms with E-state index in [0.717, 1.165) is 5.01 Å². The van der Waals surface area contributed by atoms with Crippen molar-refractivity contribution in [3.8, 4) is 0 Å². The second kappa shape index (κ2) is 3.38. The summed E-state index contributed by atoms with van der Waals surface area (Å²) < 4.78 is 0. The molecule has 0 aromatic carbocycles. The molecule has 0 spiro atoms. The maximum atomic E-state index is 11.5. The van der Waals surface area contributed by atoms with Gasteiger partial charge in [0, 0.05) is 0 Å². The lowest BCUT2D eigenvalue weighted by Crippen LogP contribution is -2.52. The number of hydrazone groups is 1. The van der Waals surface area contributed by atoms with Crippen LogP contribution in [0, 0.1) is 0 Å². The van der Waals surface area contributed by atoms with Crippen LogP contribution in [-0.2, 0) is 4.79 Å². The Hall–Kier alpha value is -1.85. The Kier molecular flexibility index (Phi) is 2.53. The van der Waals surface area contributed by atoms with Crippen molar-refractivity contribution in [2.45, 2.75) is 26.3 Å². The number of urea groups is 1. The zero-order valence-corrected chi connectivity index (χ0v) is 8.87. The van der Waals surface area contributed by atoms with E-state index in [4.69, 9.17) is 5.11 Å². The van der Waals surface area contributed by atoms with E-state index in [1.54, 1.807) is 20.8 Å². The fourth-order valence-electron chi connectivity index (χ4n) is 1.07. The minimum absolute atomic E-state index is 0.00741. The first-order chi connectivity index (χ1) is 6.73. The third-order valence-electron chi connectivity index (χ3n) is 1.77. The van der Waals surface area contributed by atoms with Crippen molar-refractivity contribution in [3.05, 3.63) is 12.3 Å². The van der Waals surface area contributed by atoms with E-state index in [2.05, 4.69) is 17.0 Å². The Morgan fingerprint density at radius 3 is 2.47 bits per heavy atom. The van der Waals surface area contributed by atoms with Gasteiger partial charge in [-0.2, -0.15) is 5.10 Å². The molecule has 0 saturated carbocycles. The normalized spacial score (nSPS) is 17.3. The number of carboxylic acids is 1. The number of nitrogens with zero attached hydrogens (tertiary/aromatic N) is 2. The van der Waals surface area contributed by atoms with Crippen molar-refractivity contribution >= 4 is 17.7 Å². The van der Waals surface area contributed by atoms with E-state index in [9.17, 15) is 9.59 Å². The van der Waals surface area contributed by atoms with Gasteiger partial charge in [0.1, 0.15) is 0 Å². The maximum absolute atomic E-state index is 11.5. The molecular weight excluding hydrogens is 198 g/mol. The molecule has 2 N–H and O–H groups in total. The van der Waals surface area contributed by atoms with Gasteiger partial charge in [-0.15, -0.1) is 0 Å². The molecule has 0 unspecified atom stereocenters. The summed E-state index contributed by atoms with van der Waals surface area (Å²) >= 11 is 0. The van der Waals surface area contributed by atoms with Crippen LogP contribution in [0.4, 0.5) is 4.79 Å². The summed E-state index contributed by atoms with van der Waals surface area (Å²) in [4.78, 5) is 22.2. The van der Waals surface area contributed by atoms with E-state index in [0.29, 0.717) is 0 Å². The number of nitrogens with one attached hydrogen (secondary N) is 1. The fraction of sp³-hybridized carbons (Fsp3) is 0.444. The predicted molar refractivity (Wildman–Crippen MR) is 54.3 cm³/mol. The Labute approximate surface area is 87.3 Å². The van der Waals surface area contributed by atoms with E-state index in [1.807, 2.05) is 0 Å². The van der Waals surface area contributed by atoms with Crippen LogP contribution < -0.4 is 5.32 Å². The van der Waals surface area contributed by atoms with Crippen LogP contribution in [0.25, 0.3) is 0 Å². The van der Waals surface area contributed by atoms with Gasteiger partial charge in [-0.1, -0.05) is 6.58 Å². The molecular formula is C9H13N3O3. The zero-order valence-electron chi connectivity index (χ0n) is 8.87. The summed E-state index contributed by atoms with van der Waals surface area (Å²) in [6.45, 7) is 8.67. The van der Waals surface area contributed by atoms with Gasteiger partial charge in [0.25, 0.3) is 0 Å². The fourth-order valence-corrected chi connectivity index (χ4v) is 1.07. The lowest BCUT2D eigenvalue weighted by molar-refractivity contribution is -0.129. The SMILES string of the molecule is C=C1NC(=O)N(C(C)(C)C)N=C1C(=O)O. The molecule has 0 saturated heterocycles. The standard InChI is InChI=1S/C9H13N3O3/c1-5-6(7(13)14)11-12(8(15)10-5)9(2,3)4/h1H2,2-4H3,(H,10,15)(H,13,14). The molecule has 0 aromatic rings. The zero-order chi connectivity index (χ0) is 11.8. The molecule has 1 aliphatic rings. The average Bonchev–Trinajstić information content (AvgIpc) is 2.00. The summed E-state index contributed by atoms with van der Waals surface area (Å²) in [5.74, 6) is -1.21. The third-order valence-corrected chi connectivity index (χ3v) is 1.77. The third kappa shape index (κ3) is 2.15. The Morgan fingerprint density at radius 1 is 1.53 bits per heavy atom. The number of rotatable bonds is 1. The average molecular weight is 211 g/mol. The molecule has 2 amide bonds. The summed E-state index contributed by atoms with van der Waals surface area (Å²) in [7, 11) is 0. The number of aliphatic carboxylic acids is 1. The minimum Gasteiger partial charge on any atom is -0.476 e. The topological polar surface area (TPSA) is 82.0 Å². The first kappa shape index (κ1) is 11.2. The van der Waals surface area contributed by atoms with Gasteiger partial charge in [-0.05, 0) is 20.8 Å². The highest BCUT2D eigenvalue weighted by molar-refractivity contribution is 6.43. The second-order valence-electron chi connectivity index (χ2n) is 4.15. The molecule has 1 rings (SSSR count). The molecule has 15 heavy (non-hydrogen) atoms. The van der Waals surface area contributed by atoms with Crippen molar-refractivity contribution in [1.82, 2.24) is 10.3 Å². The van der Waals surface area contributed by atoms with Crippen molar-refractivity contribution in [1.29, 1.82) is 0 Å². The number of hydrogen-bond acceptors (Lipinski definition) is 3. The molecule has 1 heterocycles. The highest BCUT2D eigenvalue weighted by Gasteiger charge is 2.33. The van der Waals surface area contributed by atoms with Crippen LogP contribution in [0.1, 0.15) is 20.8 Å². The number of carbonyl (C=O) groups excluding carboxylic acids is 1. The van der Waals surface area contributed by atoms with E-state index in [-0.39, 0.29) is 11.4 Å². The summed E-state index contributed by atoms with van der Waals surface area (Å²) in [6, 6.07) is -0.475. The van der Waals surface area contributed by atoms with Gasteiger partial charge in [-0.3, -0.25) is 0 Å². The second-order valence-corrected chi connectivity index (χ2v) is 4.15. The van der Waals surface area contributed by atoms with Crippen molar-refractivity contribution < 1.29 is 14.7 Å². The van der Waals surface area contributed by atoms with Crippen molar-refractivity contribution in [3.63, 3.8) is 0 Å². The highest BCUT2D eigenvalue weighted by atomic mass is 16.4. The van der Waals surface area contributed by atoms with Gasteiger partial charge in [0.2, 0.25) is 0 Å². The number of hydrogen-bond donors (Lipinski definition) is 2. The van der Waals surface area contributed by atoms with Gasteiger partial charge < -0.3 is 10.4 Å². The molecule has 0 fully saturated rings. The molecule has 0 bridgehead atoms. The minimum atomic E-state index is -1.21. The molecule has 0 aliphatic carbocycles. The smallest absolute Gasteiger partial charge is 0.358 e.